The molecule has 1 amide bonds. The van der Waals surface area contributed by atoms with E-state index in [9.17, 15) is 10.1 Å². The van der Waals surface area contributed by atoms with Crippen molar-refractivity contribution in [2.45, 2.75) is 6.61 Å². The molecule has 3 aromatic rings. The Morgan fingerprint density at radius 2 is 1.93 bits per heavy atom. The molecule has 7 heteroatoms. The van der Waals surface area contributed by atoms with Gasteiger partial charge in [0.15, 0.2) is 0 Å². The average molecular weight is 594 g/mol. The molecule has 0 fully saturated rings. The van der Waals surface area contributed by atoms with Crippen LogP contribution in [0.3, 0.4) is 0 Å². The lowest BCUT2D eigenvalue weighted by molar-refractivity contribution is -0.112. The van der Waals surface area contributed by atoms with Gasteiger partial charge in [0.1, 0.15) is 24.0 Å². The zero-order valence-corrected chi connectivity index (χ0v) is 20.0. The summed E-state index contributed by atoms with van der Waals surface area (Å²) in [5, 5.41) is 12.8. The number of nitrogens with one attached hydrogen (secondary N) is 1. The molecule has 0 radical (unpaired) electrons. The number of amides is 1. The van der Waals surface area contributed by atoms with Crippen molar-refractivity contribution in [1.29, 1.82) is 5.26 Å². The van der Waals surface area contributed by atoms with E-state index in [1.165, 1.54) is 6.08 Å². The van der Waals surface area contributed by atoms with E-state index >= 15 is 0 Å². The molecule has 1 N–H and O–H groups in total. The minimum absolute atomic E-state index is 0.00981. The van der Waals surface area contributed by atoms with Gasteiger partial charge in [-0.3, -0.25) is 4.79 Å². The quantitative estimate of drug-likeness (QED) is 0.194. The Hall–Kier alpha value is -2.34. The van der Waals surface area contributed by atoms with Crippen LogP contribution in [0.5, 0.6) is 5.75 Å². The number of nitriles is 1. The minimum Gasteiger partial charge on any atom is -0.488 e. The first-order valence-corrected chi connectivity index (χ1v) is 11.0. The van der Waals surface area contributed by atoms with Gasteiger partial charge in [0, 0.05) is 14.3 Å². The van der Waals surface area contributed by atoms with Gasteiger partial charge in [-0.1, -0.05) is 35.9 Å². The van der Waals surface area contributed by atoms with Crippen LogP contribution in [-0.2, 0) is 11.4 Å². The number of rotatable bonds is 6. The third-order valence-corrected chi connectivity index (χ3v) is 5.56. The molecule has 0 aliphatic carbocycles. The van der Waals surface area contributed by atoms with Crippen LogP contribution in [-0.4, -0.2) is 5.91 Å². The summed E-state index contributed by atoms with van der Waals surface area (Å²) in [6.45, 7) is 0.396. The van der Waals surface area contributed by atoms with Crippen LogP contribution in [0.15, 0.2) is 76.8 Å². The second-order valence-corrected chi connectivity index (χ2v) is 8.78. The highest BCUT2D eigenvalue weighted by Crippen LogP contribution is 2.28. The number of hydrogen-bond donors (Lipinski definition) is 1. The molecule has 0 aliphatic rings. The Kier molecular flexibility index (Phi) is 7.91. The van der Waals surface area contributed by atoms with Crippen LogP contribution in [0.2, 0.25) is 5.02 Å². The van der Waals surface area contributed by atoms with Gasteiger partial charge in [0.05, 0.1) is 4.47 Å². The van der Waals surface area contributed by atoms with Gasteiger partial charge in [-0.25, -0.2) is 0 Å². The zero-order chi connectivity index (χ0) is 21.5. The lowest BCUT2D eigenvalue weighted by atomic mass is 10.1. The standard InChI is InChI=1S/C23H15BrClIN2O2/c24-21-11-16(6-9-22(21)30-14-15-4-7-18(25)8-5-15)10-17(13-27)23(29)28-20-3-1-2-19(26)12-20/h1-12H,14H2,(H,28,29)/b17-10+. The van der Waals surface area contributed by atoms with Gasteiger partial charge in [0.2, 0.25) is 0 Å². The second-order valence-electron chi connectivity index (χ2n) is 6.24. The summed E-state index contributed by atoms with van der Waals surface area (Å²) in [5.74, 6) is 0.197. The van der Waals surface area contributed by atoms with E-state index in [2.05, 4.69) is 43.8 Å². The fraction of sp³-hybridized carbons (Fsp3) is 0.0435. The summed E-state index contributed by atoms with van der Waals surface area (Å²) in [4.78, 5) is 12.4. The Labute approximate surface area is 201 Å². The second kappa shape index (κ2) is 10.6. The number of halogens is 3. The first-order chi connectivity index (χ1) is 14.4. The van der Waals surface area contributed by atoms with Crippen LogP contribution in [0.25, 0.3) is 6.08 Å². The van der Waals surface area contributed by atoms with Crippen LogP contribution in [0.1, 0.15) is 11.1 Å². The first kappa shape index (κ1) is 22.3. The highest BCUT2D eigenvalue weighted by Gasteiger charge is 2.11. The van der Waals surface area contributed by atoms with Crippen molar-refractivity contribution in [3.05, 3.63) is 96.5 Å². The van der Waals surface area contributed by atoms with Gasteiger partial charge < -0.3 is 10.1 Å². The molecular formula is C23H15BrClIN2O2. The smallest absolute Gasteiger partial charge is 0.266 e. The predicted octanol–water partition coefficient (Wildman–Crippen LogP) is 6.83. The molecule has 0 bridgehead atoms. The molecule has 0 atom stereocenters. The third-order valence-electron chi connectivity index (χ3n) is 4.02. The average Bonchev–Trinajstić information content (AvgIpc) is 2.72. The number of carbonyl (C=O) groups excluding carboxylic acids is 1. The van der Waals surface area contributed by atoms with Gasteiger partial charge in [-0.2, -0.15) is 5.26 Å². The summed E-state index contributed by atoms with van der Waals surface area (Å²) in [7, 11) is 0. The summed E-state index contributed by atoms with van der Waals surface area (Å²) < 4.78 is 7.55. The number of anilines is 1. The highest BCUT2D eigenvalue weighted by atomic mass is 127. The van der Waals surface area contributed by atoms with Crippen LogP contribution >= 0.6 is 50.1 Å². The molecule has 3 rings (SSSR count). The van der Waals surface area contributed by atoms with E-state index in [0.29, 0.717) is 28.6 Å². The minimum atomic E-state index is -0.460. The van der Waals surface area contributed by atoms with E-state index in [1.807, 2.05) is 48.5 Å². The Morgan fingerprint density at radius 1 is 1.17 bits per heavy atom. The number of hydrogen-bond acceptors (Lipinski definition) is 3. The Balaban J connectivity index is 1.70. The molecule has 0 saturated heterocycles. The van der Waals surface area contributed by atoms with Crippen molar-refractivity contribution in [2.75, 3.05) is 5.32 Å². The normalized spacial score (nSPS) is 10.9. The van der Waals surface area contributed by atoms with Crippen molar-refractivity contribution >= 4 is 67.8 Å². The van der Waals surface area contributed by atoms with E-state index in [0.717, 1.165) is 13.6 Å². The van der Waals surface area contributed by atoms with E-state index in [4.69, 9.17) is 16.3 Å². The Bertz CT molecular complexity index is 1140. The van der Waals surface area contributed by atoms with Gasteiger partial charge >= 0.3 is 0 Å². The van der Waals surface area contributed by atoms with E-state index in [-0.39, 0.29) is 5.57 Å². The monoisotopic (exact) mass is 592 g/mol. The van der Waals surface area contributed by atoms with Crippen LogP contribution in [0.4, 0.5) is 5.69 Å². The van der Waals surface area contributed by atoms with Crippen molar-refractivity contribution in [2.24, 2.45) is 0 Å². The first-order valence-electron chi connectivity index (χ1n) is 8.80. The maximum Gasteiger partial charge on any atom is 0.266 e. The molecule has 4 nitrogen and oxygen atoms in total. The maximum absolute atomic E-state index is 12.4. The molecule has 0 unspecified atom stereocenters. The van der Waals surface area contributed by atoms with Gasteiger partial charge in [-0.15, -0.1) is 0 Å². The SMILES string of the molecule is N#C/C(=C\c1ccc(OCc2ccc(Cl)cc2)c(Br)c1)C(=O)Nc1cccc(I)c1. The molecule has 0 heterocycles. The van der Waals surface area contributed by atoms with Gasteiger partial charge in [-0.05, 0) is 98.2 Å². The largest absolute Gasteiger partial charge is 0.488 e. The molecular weight excluding hydrogens is 579 g/mol. The zero-order valence-electron chi connectivity index (χ0n) is 15.5. The van der Waals surface area contributed by atoms with Crippen molar-refractivity contribution in [1.82, 2.24) is 0 Å². The number of carbonyl (C=O) groups is 1. The molecule has 30 heavy (non-hydrogen) atoms. The van der Waals surface area contributed by atoms with E-state index < -0.39 is 5.91 Å². The topological polar surface area (TPSA) is 62.1 Å². The summed E-state index contributed by atoms with van der Waals surface area (Å²) in [6.07, 6.45) is 1.54. The lowest BCUT2D eigenvalue weighted by Crippen LogP contribution is -2.13. The Morgan fingerprint density at radius 3 is 2.60 bits per heavy atom. The number of ether oxygens (including phenoxy) is 1. The summed E-state index contributed by atoms with van der Waals surface area (Å²) in [6, 6.07) is 22.1. The summed E-state index contributed by atoms with van der Waals surface area (Å²) in [5.41, 5.74) is 2.35. The van der Waals surface area contributed by atoms with E-state index in [1.54, 1.807) is 24.3 Å². The van der Waals surface area contributed by atoms with Crippen molar-refractivity contribution in [3.8, 4) is 11.8 Å². The molecule has 0 saturated carbocycles. The molecule has 150 valence electrons. The van der Waals surface area contributed by atoms with Crippen molar-refractivity contribution in [3.63, 3.8) is 0 Å². The molecule has 0 aliphatic heterocycles. The molecule has 3 aromatic carbocycles. The predicted molar refractivity (Wildman–Crippen MR) is 131 cm³/mol. The highest BCUT2D eigenvalue weighted by molar-refractivity contribution is 14.1. The van der Waals surface area contributed by atoms with Crippen LogP contribution < -0.4 is 10.1 Å². The van der Waals surface area contributed by atoms with Crippen LogP contribution in [0, 0.1) is 14.9 Å². The fourth-order valence-corrected chi connectivity index (χ4v) is 3.73. The van der Waals surface area contributed by atoms with Crippen molar-refractivity contribution < 1.29 is 9.53 Å². The van der Waals surface area contributed by atoms with Gasteiger partial charge in [0.25, 0.3) is 5.91 Å². The third kappa shape index (κ3) is 6.33. The number of nitrogens with zero attached hydrogens (tertiary/aromatic N) is 1. The summed E-state index contributed by atoms with van der Waals surface area (Å²) >= 11 is 11.5. The number of benzene rings is 3. The molecule has 0 aromatic heterocycles. The maximum atomic E-state index is 12.4. The molecule has 0 spiro atoms. The lowest BCUT2D eigenvalue weighted by Gasteiger charge is -2.09. The fourth-order valence-electron chi connectivity index (χ4n) is 2.55.